The number of primary sulfonamides is 1. The Bertz CT molecular complexity index is 906. The van der Waals surface area contributed by atoms with Crippen LogP contribution in [0, 0.1) is 0 Å². The molecule has 0 spiro atoms. The molecule has 7 nitrogen and oxygen atoms in total. The smallest absolute Gasteiger partial charge is 0.238 e. The molecule has 0 aliphatic rings. The van der Waals surface area contributed by atoms with Crippen molar-refractivity contribution >= 4 is 51.6 Å². The molecule has 4 N–H and O–H groups in total. The first-order chi connectivity index (χ1) is 12.8. The number of halogens is 2. The van der Waals surface area contributed by atoms with Gasteiger partial charge in [0.15, 0.2) is 5.96 Å². The second-order valence-corrected chi connectivity index (χ2v) is 7.72. The third-order valence-corrected chi connectivity index (χ3v) is 5.16. The maximum atomic E-state index is 11.3. The number of aliphatic imine (C=N–C) groups is 1. The first-order valence-corrected chi connectivity index (χ1v) is 10.1. The van der Waals surface area contributed by atoms with Gasteiger partial charge in [0.1, 0.15) is 5.75 Å². The second kappa shape index (κ2) is 11.4. The molecule has 154 valence electrons. The molecule has 10 heteroatoms. The van der Waals surface area contributed by atoms with Crippen LogP contribution in [0.3, 0.4) is 0 Å². The molecule has 0 saturated carbocycles. The standard InChI is InChI=1S/C18H23ClN4O3S.HI/c1-21-18(22-10-9-14-5-6-15(26-2)11-17(14)19)23-12-13-3-7-16(8-4-13)27(20,24)25;/h3-8,11H,9-10,12H2,1-2H3,(H2,20,24,25)(H2,21,22,23);1H. The van der Waals surface area contributed by atoms with Gasteiger partial charge >= 0.3 is 0 Å². The number of rotatable bonds is 7. The lowest BCUT2D eigenvalue weighted by atomic mass is 10.1. The fourth-order valence-electron chi connectivity index (χ4n) is 2.38. The van der Waals surface area contributed by atoms with E-state index in [2.05, 4.69) is 15.6 Å². The third kappa shape index (κ3) is 7.46. The van der Waals surface area contributed by atoms with E-state index in [1.807, 2.05) is 12.1 Å². The molecular formula is C18H24ClIN4O3S. The maximum absolute atomic E-state index is 11.3. The average Bonchev–Trinajstić information content (AvgIpc) is 2.65. The minimum atomic E-state index is -3.68. The summed E-state index contributed by atoms with van der Waals surface area (Å²) < 4.78 is 27.7. The summed E-state index contributed by atoms with van der Waals surface area (Å²) in [5.74, 6) is 1.36. The number of guanidine groups is 1. The Hall–Kier alpha value is -1.56. The Morgan fingerprint density at radius 1 is 1.18 bits per heavy atom. The highest BCUT2D eigenvalue weighted by molar-refractivity contribution is 14.0. The predicted octanol–water partition coefficient (Wildman–Crippen LogP) is 2.52. The van der Waals surface area contributed by atoms with Gasteiger partial charge < -0.3 is 15.4 Å². The first-order valence-electron chi connectivity index (χ1n) is 8.22. The van der Waals surface area contributed by atoms with Gasteiger partial charge in [-0.05, 0) is 41.8 Å². The van der Waals surface area contributed by atoms with Crippen LogP contribution in [-0.2, 0) is 23.0 Å². The largest absolute Gasteiger partial charge is 0.497 e. The molecule has 0 aliphatic carbocycles. The first kappa shape index (κ1) is 24.5. The van der Waals surface area contributed by atoms with E-state index in [4.69, 9.17) is 21.5 Å². The van der Waals surface area contributed by atoms with E-state index in [-0.39, 0.29) is 28.9 Å². The van der Waals surface area contributed by atoms with Crippen molar-refractivity contribution in [2.45, 2.75) is 17.9 Å². The third-order valence-electron chi connectivity index (χ3n) is 3.88. The van der Waals surface area contributed by atoms with Gasteiger partial charge in [0.2, 0.25) is 10.0 Å². The lowest BCUT2D eigenvalue weighted by Crippen LogP contribution is -2.37. The highest BCUT2D eigenvalue weighted by atomic mass is 127. The van der Waals surface area contributed by atoms with Crippen molar-refractivity contribution in [3.63, 3.8) is 0 Å². The van der Waals surface area contributed by atoms with Crippen molar-refractivity contribution in [3.05, 3.63) is 58.6 Å². The average molecular weight is 539 g/mol. The topological polar surface area (TPSA) is 106 Å². The highest BCUT2D eigenvalue weighted by Crippen LogP contribution is 2.22. The Balaban J connectivity index is 0.00000392. The van der Waals surface area contributed by atoms with Gasteiger partial charge in [0.05, 0.1) is 12.0 Å². The van der Waals surface area contributed by atoms with E-state index in [9.17, 15) is 8.42 Å². The van der Waals surface area contributed by atoms with Gasteiger partial charge in [0.25, 0.3) is 0 Å². The van der Waals surface area contributed by atoms with Crippen LogP contribution >= 0.6 is 35.6 Å². The minimum Gasteiger partial charge on any atom is -0.497 e. The van der Waals surface area contributed by atoms with Gasteiger partial charge in [-0.1, -0.05) is 29.8 Å². The number of sulfonamides is 1. The summed E-state index contributed by atoms with van der Waals surface area (Å²) in [6, 6.07) is 12.0. The van der Waals surface area contributed by atoms with Gasteiger partial charge in [-0.25, -0.2) is 13.6 Å². The summed E-state index contributed by atoms with van der Waals surface area (Å²) in [6.07, 6.45) is 0.729. The normalized spacial score (nSPS) is 11.5. The van der Waals surface area contributed by atoms with E-state index in [1.54, 1.807) is 32.4 Å². The van der Waals surface area contributed by atoms with Crippen LogP contribution in [0.2, 0.25) is 5.02 Å². The molecule has 0 unspecified atom stereocenters. The zero-order valence-corrected chi connectivity index (χ0v) is 19.5. The van der Waals surface area contributed by atoms with Crippen molar-refractivity contribution in [2.24, 2.45) is 10.1 Å². The van der Waals surface area contributed by atoms with Crippen molar-refractivity contribution in [2.75, 3.05) is 20.7 Å². The number of hydrogen-bond acceptors (Lipinski definition) is 4. The SMILES string of the molecule is CN=C(NCCc1ccc(OC)cc1Cl)NCc1ccc(S(N)(=O)=O)cc1.I. The number of methoxy groups -OCH3 is 1. The molecule has 0 atom stereocenters. The lowest BCUT2D eigenvalue weighted by molar-refractivity contribution is 0.414. The quantitative estimate of drug-likeness (QED) is 0.285. The molecule has 0 radical (unpaired) electrons. The Labute approximate surface area is 187 Å². The van der Waals surface area contributed by atoms with Crippen LogP contribution in [0.4, 0.5) is 0 Å². The molecule has 2 aromatic carbocycles. The zero-order valence-electron chi connectivity index (χ0n) is 15.6. The predicted molar refractivity (Wildman–Crippen MR) is 123 cm³/mol. The summed E-state index contributed by atoms with van der Waals surface area (Å²) in [5, 5.41) is 12.1. The lowest BCUT2D eigenvalue weighted by Gasteiger charge is -2.13. The molecule has 2 aromatic rings. The molecular weight excluding hydrogens is 515 g/mol. The molecule has 0 heterocycles. The summed E-state index contributed by atoms with van der Waals surface area (Å²) >= 11 is 6.24. The van der Waals surface area contributed by atoms with Crippen LogP contribution in [0.5, 0.6) is 5.75 Å². The van der Waals surface area contributed by atoms with E-state index < -0.39 is 10.0 Å². The van der Waals surface area contributed by atoms with Crippen LogP contribution < -0.4 is 20.5 Å². The van der Waals surface area contributed by atoms with Crippen molar-refractivity contribution in [3.8, 4) is 5.75 Å². The van der Waals surface area contributed by atoms with Crippen molar-refractivity contribution in [1.82, 2.24) is 10.6 Å². The number of nitrogens with zero attached hydrogens (tertiary/aromatic N) is 1. The van der Waals surface area contributed by atoms with Gasteiger partial charge in [0, 0.05) is 25.2 Å². The van der Waals surface area contributed by atoms with Crippen LogP contribution in [0.1, 0.15) is 11.1 Å². The number of benzene rings is 2. The highest BCUT2D eigenvalue weighted by Gasteiger charge is 2.07. The van der Waals surface area contributed by atoms with E-state index in [0.717, 1.165) is 23.3 Å². The number of nitrogens with two attached hydrogens (primary N) is 1. The molecule has 0 saturated heterocycles. The fraction of sp³-hybridized carbons (Fsp3) is 0.278. The van der Waals surface area contributed by atoms with Crippen LogP contribution in [0.15, 0.2) is 52.4 Å². The number of hydrogen-bond donors (Lipinski definition) is 3. The van der Waals surface area contributed by atoms with Gasteiger partial charge in [-0.2, -0.15) is 0 Å². The molecule has 2 rings (SSSR count). The summed E-state index contributed by atoms with van der Waals surface area (Å²) in [5.41, 5.74) is 1.92. The van der Waals surface area contributed by atoms with E-state index in [0.29, 0.717) is 24.1 Å². The molecule has 0 aromatic heterocycles. The van der Waals surface area contributed by atoms with E-state index >= 15 is 0 Å². The summed E-state index contributed by atoms with van der Waals surface area (Å²) in [4.78, 5) is 4.25. The minimum absolute atomic E-state index is 0. The van der Waals surface area contributed by atoms with Gasteiger partial charge in [-0.15, -0.1) is 24.0 Å². The molecule has 0 amide bonds. The van der Waals surface area contributed by atoms with Crippen molar-refractivity contribution < 1.29 is 13.2 Å². The summed E-state index contributed by atoms with van der Waals surface area (Å²) in [6.45, 7) is 1.14. The monoisotopic (exact) mass is 538 g/mol. The van der Waals surface area contributed by atoms with Crippen LogP contribution in [0.25, 0.3) is 0 Å². The van der Waals surface area contributed by atoms with Crippen molar-refractivity contribution in [1.29, 1.82) is 0 Å². The Kier molecular flexibility index (Phi) is 10.0. The molecule has 28 heavy (non-hydrogen) atoms. The Morgan fingerprint density at radius 3 is 2.39 bits per heavy atom. The summed E-state index contributed by atoms with van der Waals surface area (Å²) in [7, 11) is -0.394. The molecule has 0 aliphatic heterocycles. The van der Waals surface area contributed by atoms with Gasteiger partial charge in [-0.3, -0.25) is 4.99 Å². The number of nitrogens with one attached hydrogen (secondary N) is 2. The van der Waals surface area contributed by atoms with E-state index in [1.165, 1.54) is 12.1 Å². The second-order valence-electron chi connectivity index (χ2n) is 5.75. The maximum Gasteiger partial charge on any atom is 0.238 e. The molecule has 0 bridgehead atoms. The fourth-order valence-corrected chi connectivity index (χ4v) is 3.16. The Morgan fingerprint density at radius 2 is 1.86 bits per heavy atom. The van der Waals surface area contributed by atoms with Crippen LogP contribution in [-0.4, -0.2) is 35.1 Å². The zero-order chi connectivity index (χ0) is 19.9. The molecule has 0 fully saturated rings. The number of ether oxygens (including phenoxy) is 1.